The molecule has 23 heavy (non-hydrogen) atoms. The van der Waals surface area contributed by atoms with Crippen LogP contribution in [0.15, 0.2) is 41.9 Å². The third-order valence-corrected chi connectivity index (χ3v) is 5.60. The zero-order valence-electron chi connectivity index (χ0n) is 12.9. The van der Waals surface area contributed by atoms with Crippen LogP contribution in [-0.2, 0) is 0 Å². The molecule has 1 aliphatic rings. The minimum Gasteiger partial charge on any atom is -0.307 e. The molecule has 0 amide bonds. The average Bonchev–Trinajstić information content (AvgIpc) is 3.02. The summed E-state index contributed by atoms with van der Waals surface area (Å²) in [5, 5.41) is 6.54. The summed E-state index contributed by atoms with van der Waals surface area (Å²) in [6.45, 7) is 2.23. The van der Waals surface area contributed by atoms with Crippen LogP contribution in [-0.4, -0.2) is 16.0 Å². The summed E-state index contributed by atoms with van der Waals surface area (Å²) >= 11 is 7.70. The molecule has 1 saturated heterocycles. The van der Waals surface area contributed by atoms with E-state index in [1.54, 1.807) is 11.3 Å². The van der Waals surface area contributed by atoms with E-state index in [4.69, 9.17) is 16.6 Å². The minimum absolute atomic E-state index is 0.322. The third kappa shape index (κ3) is 3.11. The molecule has 1 aromatic carbocycles. The Morgan fingerprint density at radius 1 is 1.17 bits per heavy atom. The van der Waals surface area contributed by atoms with Crippen molar-refractivity contribution in [1.29, 1.82) is 0 Å². The quantitative estimate of drug-likeness (QED) is 0.716. The Morgan fingerprint density at radius 3 is 2.83 bits per heavy atom. The van der Waals surface area contributed by atoms with Gasteiger partial charge in [0.15, 0.2) is 0 Å². The summed E-state index contributed by atoms with van der Waals surface area (Å²) < 4.78 is 1.16. The van der Waals surface area contributed by atoms with Crippen molar-refractivity contribution in [2.75, 3.05) is 0 Å². The van der Waals surface area contributed by atoms with Gasteiger partial charge >= 0.3 is 0 Å². The zero-order valence-corrected chi connectivity index (χ0v) is 14.4. The highest BCUT2D eigenvalue weighted by atomic mass is 35.5. The van der Waals surface area contributed by atoms with E-state index in [2.05, 4.69) is 40.8 Å². The van der Waals surface area contributed by atoms with Gasteiger partial charge in [-0.25, -0.2) is 9.97 Å². The average molecular weight is 344 g/mol. The second-order valence-corrected chi connectivity index (χ2v) is 7.62. The van der Waals surface area contributed by atoms with Crippen LogP contribution in [0.2, 0.25) is 5.02 Å². The maximum Gasteiger partial charge on any atom is 0.132 e. The number of fused-ring (bicyclic) bond motifs is 1. The lowest BCUT2D eigenvalue weighted by molar-refractivity contribution is 0.300. The molecule has 1 aliphatic heterocycles. The van der Waals surface area contributed by atoms with Gasteiger partial charge in [0.05, 0.1) is 10.2 Å². The predicted octanol–water partition coefficient (Wildman–Crippen LogP) is 4.94. The smallest absolute Gasteiger partial charge is 0.132 e. The van der Waals surface area contributed by atoms with Gasteiger partial charge in [0.1, 0.15) is 5.82 Å². The molecule has 1 N–H and O–H groups in total. The summed E-state index contributed by atoms with van der Waals surface area (Å²) in [6, 6.07) is 11.0. The van der Waals surface area contributed by atoms with Crippen molar-refractivity contribution in [3.05, 3.63) is 58.3 Å². The summed E-state index contributed by atoms with van der Waals surface area (Å²) in [4.78, 5) is 9.42. The number of nitrogens with one attached hydrogen (secondary N) is 1. The molecule has 0 radical (unpaired) electrons. The Labute approximate surface area is 144 Å². The Kier molecular flexibility index (Phi) is 4.05. The highest BCUT2D eigenvalue weighted by Gasteiger charge is 2.29. The molecule has 0 spiro atoms. The first kappa shape index (κ1) is 15.1. The van der Waals surface area contributed by atoms with Crippen molar-refractivity contribution in [2.45, 2.75) is 37.8 Å². The van der Waals surface area contributed by atoms with Gasteiger partial charge in [-0.1, -0.05) is 23.7 Å². The van der Waals surface area contributed by atoms with Gasteiger partial charge in [0, 0.05) is 29.2 Å². The van der Waals surface area contributed by atoms with Crippen molar-refractivity contribution < 1.29 is 0 Å². The van der Waals surface area contributed by atoms with E-state index < -0.39 is 0 Å². The first-order chi connectivity index (χ1) is 11.2. The summed E-state index contributed by atoms with van der Waals surface area (Å²) in [7, 11) is 0. The molecule has 4 rings (SSSR count). The number of hydrogen-bond acceptors (Lipinski definition) is 4. The Balaban J connectivity index is 1.62. The molecular weight excluding hydrogens is 326 g/mol. The summed E-state index contributed by atoms with van der Waals surface area (Å²) in [5.41, 5.74) is 2.34. The van der Waals surface area contributed by atoms with E-state index in [1.165, 1.54) is 5.56 Å². The van der Waals surface area contributed by atoms with Crippen molar-refractivity contribution in [3.8, 4) is 0 Å². The molecule has 0 saturated carbocycles. The number of piperidine rings is 1. The lowest BCUT2D eigenvalue weighted by Crippen LogP contribution is -2.38. The molecule has 0 bridgehead atoms. The van der Waals surface area contributed by atoms with Crippen molar-refractivity contribution in [3.63, 3.8) is 0 Å². The fraction of sp³-hybridized carbons (Fsp3) is 0.333. The lowest BCUT2D eigenvalue weighted by Gasteiger charge is -2.34. The number of hydrogen-bond donors (Lipinski definition) is 1. The highest BCUT2D eigenvalue weighted by molar-refractivity contribution is 7.17. The van der Waals surface area contributed by atoms with Crippen LogP contribution in [0.4, 0.5) is 0 Å². The fourth-order valence-electron chi connectivity index (χ4n) is 3.40. The number of aromatic nitrogens is 2. The molecule has 3 atom stereocenters. The standard InChI is InChI=1S/C18H18ClN3S/c1-11-8-13(18-20-10-17-15(22-18)6-7-23-17)9-16(21-11)12-2-4-14(19)5-3-12/h2-7,10-11,13,16,21H,8-9H2,1H3. The summed E-state index contributed by atoms with van der Waals surface area (Å²) in [5.74, 6) is 1.36. The van der Waals surface area contributed by atoms with E-state index in [-0.39, 0.29) is 0 Å². The van der Waals surface area contributed by atoms with Crippen LogP contribution < -0.4 is 5.32 Å². The van der Waals surface area contributed by atoms with Crippen LogP contribution in [0.1, 0.15) is 43.1 Å². The second-order valence-electron chi connectivity index (χ2n) is 6.24. The Morgan fingerprint density at radius 2 is 2.00 bits per heavy atom. The van der Waals surface area contributed by atoms with Crippen LogP contribution in [0, 0.1) is 0 Å². The van der Waals surface area contributed by atoms with Gasteiger partial charge in [-0.2, -0.15) is 0 Å². The predicted molar refractivity (Wildman–Crippen MR) is 96.2 cm³/mol. The van der Waals surface area contributed by atoms with Gasteiger partial charge < -0.3 is 5.32 Å². The molecule has 3 heterocycles. The van der Waals surface area contributed by atoms with Gasteiger partial charge in [-0.05, 0) is 48.9 Å². The molecule has 2 aromatic heterocycles. The van der Waals surface area contributed by atoms with E-state index in [0.717, 1.165) is 33.9 Å². The number of rotatable bonds is 2. The number of benzene rings is 1. The normalized spacial score (nSPS) is 24.9. The lowest BCUT2D eigenvalue weighted by atomic mass is 9.85. The minimum atomic E-state index is 0.322. The van der Waals surface area contributed by atoms with Gasteiger partial charge in [-0.15, -0.1) is 11.3 Å². The SMILES string of the molecule is CC1CC(c2ncc3sccc3n2)CC(c2ccc(Cl)cc2)N1. The van der Waals surface area contributed by atoms with Crippen molar-refractivity contribution in [1.82, 2.24) is 15.3 Å². The topological polar surface area (TPSA) is 37.8 Å². The van der Waals surface area contributed by atoms with Gasteiger partial charge in [0.2, 0.25) is 0 Å². The van der Waals surface area contributed by atoms with Crippen LogP contribution in [0.5, 0.6) is 0 Å². The molecule has 0 aliphatic carbocycles. The largest absolute Gasteiger partial charge is 0.307 e. The molecule has 1 fully saturated rings. The van der Waals surface area contributed by atoms with Crippen LogP contribution in [0.25, 0.3) is 10.2 Å². The number of thiophene rings is 1. The van der Waals surface area contributed by atoms with Crippen molar-refractivity contribution >= 4 is 33.2 Å². The maximum absolute atomic E-state index is 6.01. The molecule has 5 heteroatoms. The third-order valence-electron chi connectivity index (χ3n) is 4.50. The monoisotopic (exact) mass is 343 g/mol. The molecule has 3 nitrogen and oxygen atoms in total. The summed E-state index contributed by atoms with van der Waals surface area (Å²) in [6.07, 6.45) is 4.05. The first-order valence-electron chi connectivity index (χ1n) is 7.90. The van der Waals surface area contributed by atoms with Gasteiger partial charge in [-0.3, -0.25) is 0 Å². The number of halogens is 1. The molecular formula is C18H18ClN3S. The van der Waals surface area contributed by atoms with E-state index in [0.29, 0.717) is 18.0 Å². The van der Waals surface area contributed by atoms with Crippen LogP contribution >= 0.6 is 22.9 Å². The Bertz CT molecular complexity index is 815. The highest BCUT2D eigenvalue weighted by Crippen LogP contribution is 2.36. The molecule has 118 valence electrons. The second kappa shape index (κ2) is 6.19. The van der Waals surface area contributed by atoms with E-state index >= 15 is 0 Å². The van der Waals surface area contributed by atoms with Crippen LogP contribution in [0.3, 0.4) is 0 Å². The maximum atomic E-state index is 6.01. The van der Waals surface area contributed by atoms with E-state index in [9.17, 15) is 0 Å². The first-order valence-corrected chi connectivity index (χ1v) is 9.16. The number of nitrogens with zero attached hydrogens (tertiary/aromatic N) is 2. The Hall–Kier alpha value is -1.49. The molecule has 3 aromatic rings. The van der Waals surface area contributed by atoms with E-state index in [1.807, 2.05) is 18.3 Å². The van der Waals surface area contributed by atoms with Gasteiger partial charge in [0.25, 0.3) is 0 Å². The molecule has 3 unspecified atom stereocenters. The zero-order chi connectivity index (χ0) is 15.8. The fourth-order valence-corrected chi connectivity index (χ4v) is 4.22. The van der Waals surface area contributed by atoms with Crippen molar-refractivity contribution in [2.24, 2.45) is 0 Å².